The smallest absolute Gasteiger partial charge is 0.233 e. The first-order valence-corrected chi connectivity index (χ1v) is 10.5. The molecule has 2 aromatic rings. The number of rotatable bonds is 8. The number of nitrogens with one attached hydrogen (secondary N) is 2. The molecule has 0 heterocycles. The maximum atomic E-state index is 12.0. The summed E-state index contributed by atoms with van der Waals surface area (Å²) in [6.07, 6.45) is 1.58. The molecule has 0 fully saturated rings. The summed E-state index contributed by atoms with van der Waals surface area (Å²) in [5.41, 5.74) is 1.77. The van der Waals surface area contributed by atoms with Crippen LogP contribution in [0, 0.1) is 0 Å². The van der Waals surface area contributed by atoms with Gasteiger partial charge < -0.3 is 5.32 Å². The van der Waals surface area contributed by atoms with E-state index in [2.05, 4.69) is 26.0 Å². The number of carbonyl (C=O) groups excluding carboxylic acids is 1. The summed E-state index contributed by atoms with van der Waals surface area (Å²) in [4.78, 5) is 12.0. The molecule has 138 valence electrons. The summed E-state index contributed by atoms with van der Waals surface area (Å²) in [5.74, 6) is -0.213. The van der Waals surface area contributed by atoms with Crippen molar-refractivity contribution < 1.29 is 13.2 Å². The van der Waals surface area contributed by atoms with Gasteiger partial charge in [0.15, 0.2) is 0 Å². The molecular formula is C19H21BrN2O3S. The van der Waals surface area contributed by atoms with Crippen molar-refractivity contribution in [2.45, 2.75) is 19.4 Å². The van der Waals surface area contributed by atoms with Gasteiger partial charge in [-0.3, -0.25) is 4.79 Å². The topological polar surface area (TPSA) is 75.3 Å². The monoisotopic (exact) mass is 436 g/mol. The van der Waals surface area contributed by atoms with Gasteiger partial charge in [0, 0.05) is 22.8 Å². The van der Waals surface area contributed by atoms with E-state index in [1.165, 1.54) is 6.08 Å². The van der Waals surface area contributed by atoms with Gasteiger partial charge in [0.05, 0.1) is 6.04 Å². The number of amides is 1. The van der Waals surface area contributed by atoms with Crippen LogP contribution < -0.4 is 10.0 Å². The van der Waals surface area contributed by atoms with Crippen LogP contribution in [0.2, 0.25) is 0 Å². The molecular weight excluding hydrogens is 416 g/mol. The van der Waals surface area contributed by atoms with E-state index < -0.39 is 10.0 Å². The molecule has 0 saturated carbocycles. The first-order valence-electron chi connectivity index (χ1n) is 8.13. The zero-order valence-corrected chi connectivity index (χ0v) is 16.8. The molecule has 0 saturated heterocycles. The van der Waals surface area contributed by atoms with Crippen LogP contribution in [0.4, 0.5) is 0 Å². The standard InChI is InChI=1S/C19H21BrN2O3S/c1-15(17-7-9-18(20)10-8-17)22-19(23)11-13-21-26(24,25)14-12-16-5-3-2-4-6-16/h2-10,12,14-15,21H,11,13H2,1H3,(H,22,23). The minimum absolute atomic E-state index is 0.0420. The van der Waals surface area contributed by atoms with Crippen molar-refractivity contribution >= 4 is 37.9 Å². The Labute approximate surface area is 162 Å². The summed E-state index contributed by atoms with van der Waals surface area (Å²) in [7, 11) is -3.58. The van der Waals surface area contributed by atoms with Gasteiger partial charge in [0.2, 0.25) is 15.9 Å². The fourth-order valence-corrected chi connectivity index (χ4v) is 3.32. The first kappa shape index (κ1) is 20.4. The molecule has 0 bridgehead atoms. The Balaban J connectivity index is 1.78. The molecule has 2 rings (SSSR count). The minimum Gasteiger partial charge on any atom is -0.350 e. The number of carbonyl (C=O) groups is 1. The van der Waals surface area contributed by atoms with E-state index in [1.54, 1.807) is 0 Å². The van der Waals surface area contributed by atoms with Gasteiger partial charge in [-0.1, -0.05) is 58.4 Å². The van der Waals surface area contributed by atoms with Crippen LogP contribution in [0.1, 0.15) is 30.5 Å². The zero-order valence-electron chi connectivity index (χ0n) is 14.4. The number of hydrogen-bond donors (Lipinski definition) is 2. The third kappa shape index (κ3) is 7.11. The van der Waals surface area contributed by atoms with Crippen molar-refractivity contribution in [3.63, 3.8) is 0 Å². The summed E-state index contributed by atoms with van der Waals surface area (Å²) < 4.78 is 27.2. The summed E-state index contributed by atoms with van der Waals surface area (Å²) in [6, 6.07) is 16.6. The molecule has 0 aliphatic heterocycles. The van der Waals surface area contributed by atoms with Gasteiger partial charge in [0.25, 0.3) is 0 Å². The maximum Gasteiger partial charge on any atom is 0.233 e. The Bertz CT molecular complexity index is 850. The second-order valence-electron chi connectivity index (χ2n) is 5.74. The lowest BCUT2D eigenvalue weighted by atomic mass is 10.1. The predicted molar refractivity (Wildman–Crippen MR) is 108 cm³/mol. The quantitative estimate of drug-likeness (QED) is 0.663. The van der Waals surface area contributed by atoms with Crippen molar-refractivity contribution in [3.05, 3.63) is 75.6 Å². The molecule has 26 heavy (non-hydrogen) atoms. The van der Waals surface area contributed by atoms with Crippen LogP contribution in [-0.2, 0) is 14.8 Å². The molecule has 0 spiro atoms. The van der Waals surface area contributed by atoms with Crippen LogP contribution >= 0.6 is 15.9 Å². The summed E-state index contributed by atoms with van der Waals surface area (Å²) in [5, 5.41) is 3.95. The molecule has 1 amide bonds. The molecule has 2 aromatic carbocycles. The average molecular weight is 437 g/mol. The van der Waals surface area contributed by atoms with Crippen LogP contribution in [-0.4, -0.2) is 20.9 Å². The van der Waals surface area contributed by atoms with Crippen molar-refractivity contribution in [2.24, 2.45) is 0 Å². The highest BCUT2D eigenvalue weighted by molar-refractivity contribution is 9.10. The van der Waals surface area contributed by atoms with E-state index in [1.807, 2.05) is 61.5 Å². The largest absolute Gasteiger partial charge is 0.350 e. The van der Waals surface area contributed by atoms with E-state index in [0.29, 0.717) is 0 Å². The third-order valence-corrected chi connectivity index (χ3v) is 5.27. The Morgan fingerprint density at radius 3 is 2.42 bits per heavy atom. The average Bonchev–Trinajstić information content (AvgIpc) is 2.61. The van der Waals surface area contributed by atoms with Crippen molar-refractivity contribution in [2.75, 3.05) is 6.54 Å². The third-order valence-electron chi connectivity index (χ3n) is 3.64. The van der Waals surface area contributed by atoms with Crippen molar-refractivity contribution in [1.82, 2.24) is 10.0 Å². The number of benzene rings is 2. The lowest BCUT2D eigenvalue weighted by Crippen LogP contribution is -2.31. The number of hydrogen-bond acceptors (Lipinski definition) is 3. The Hall–Kier alpha value is -1.96. The summed E-state index contributed by atoms with van der Waals surface area (Å²) in [6.45, 7) is 1.92. The molecule has 1 atom stereocenters. The molecule has 5 nitrogen and oxygen atoms in total. The predicted octanol–water partition coefficient (Wildman–Crippen LogP) is 3.61. The Morgan fingerprint density at radius 2 is 1.77 bits per heavy atom. The van der Waals surface area contributed by atoms with Crippen LogP contribution in [0.15, 0.2) is 64.5 Å². The fourth-order valence-electron chi connectivity index (χ4n) is 2.24. The lowest BCUT2D eigenvalue weighted by Gasteiger charge is -2.14. The molecule has 7 heteroatoms. The van der Waals surface area contributed by atoms with Gasteiger partial charge in [-0.15, -0.1) is 0 Å². The highest BCUT2D eigenvalue weighted by Crippen LogP contribution is 2.16. The van der Waals surface area contributed by atoms with Crippen LogP contribution in [0.3, 0.4) is 0 Å². The zero-order chi connectivity index (χ0) is 19.0. The number of halogens is 1. The first-order chi connectivity index (χ1) is 12.4. The van der Waals surface area contributed by atoms with Gasteiger partial charge >= 0.3 is 0 Å². The van der Waals surface area contributed by atoms with Gasteiger partial charge in [-0.05, 0) is 36.3 Å². The van der Waals surface area contributed by atoms with Gasteiger partial charge in [0.1, 0.15) is 0 Å². The molecule has 0 aromatic heterocycles. The molecule has 0 radical (unpaired) electrons. The lowest BCUT2D eigenvalue weighted by molar-refractivity contribution is -0.121. The molecule has 2 N–H and O–H groups in total. The highest BCUT2D eigenvalue weighted by Gasteiger charge is 2.11. The molecule has 1 unspecified atom stereocenters. The van der Waals surface area contributed by atoms with E-state index >= 15 is 0 Å². The molecule has 0 aliphatic carbocycles. The van der Waals surface area contributed by atoms with Gasteiger partial charge in [-0.2, -0.15) is 0 Å². The summed E-state index contributed by atoms with van der Waals surface area (Å²) >= 11 is 3.37. The number of sulfonamides is 1. The highest BCUT2D eigenvalue weighted by atomic mass is 79.9. The van der Waals surface area contributed by atoms with Crippen LogP contribution in [0.25, 0.3) is 6.08 Å². The van der Waals surface area contributed by atoms with Crippen LogP contribution in [0.5, 0.6) is 0 Å². The van der Waals surface area contributed by atoms with Crippen molar-refractivity contribution in [1.29, 1.82) is 0 Å². The van der Waals surface area contributed by atoms with E-state index in [-0.39, 0.29) is 24.9 Å². The second kappa shape index (κ2) is 9.66. The normalized spacial score (nSPS) is 12.8. The fraction of sp³-hybridized carbons (Fsp3) is 0.211. The van der Waals surface area contributed by atoms with E-state index in [9.17, 15) is 13.2 Å². The Kier molecular flexibility index (Phi) is 7.56. The van der Waals surface area contributed by atoms with Gasteiger partial charge in [-0.25, -0.2) is 13.1 Å². The van der Waals surface area contributed by atoms with E-state index in [0.717, 1.165) is 21.0 Å². The second-order valence-corrected chi connectivity index (χ2v) is 8.31. The van der Waals surface area contributed by atoms with E-state index in [4.69, 9.17) is 0 Å². The Morgan fingerprint density at radius 1 is 1.12 bits per heavy atom. The maximum absolute atomic E-state index is 12.0. The van der Waals surface area contributed by atoms with Crippen molar-refractivity contribution in [3.8, 4) is 0 Å². The molecule has 0 aliphatic rings. The minimum atomic E-state index is -3.58. The SMILES string of the molecule is CC(NC(=O)CCNS(=O)(=O)C=Cc1ccccc1)c1ccc(Br)cc1.